The van der Waals surface area contributed by atoms with Crippen LogP contribution < -0.4 is 4.72 Å². The Kier molecular flexibility index (Phi) is 5.50. The van der Waals surface area contributed by atoms with Gasteiger partial charge in [-0.05, 0) is 32.0 Å². The number of benzene rings is 1. The molecule has 0 aliphatic rings. The number of carbonyl (C=O) groups excluding carboxylic acids is 1. The Morgan fingerprint density at radius 1 is 0.960 bits per heavy atom. The molecule has 0 heterocycles. The van der Waals surface area contributed by atoms with Crippen LogP contribution in [0.15, 0.2) is 23.1 Å². The highest BCUT2D eigenvalue weighted by Gasteiger charge is 2.40. The van der Waals surface area contributed by atoms with E-state index in [0.29, 0.717) is 0 Å². The van der Waals surface area contributed by atoms with E-state index in [1.807, 2.05) is 0 Å². The number of sulfonamides is 1. The highest BCUT2D eigenvalue weighted by molar-refractivity contribution is 7.89. The van der Waals surface area contributed by atoms with Crippen LogP contribution in [0.5, 0.6) is 0 Å². The molecular weight excluding hydrogens is 380 g/mol. The standard InChI is InChI=1S/C13H13F6NO4S/c1-11(2,10(21)24-3)20-25(22,23)9-5-7(12(14,15)16)4-8(6-9)13(17,18)19/h4-6,20H,1-3H3. The van der Waals surface area contributed by atoms with Crippen molar-refractivity contribution in [1.82, 2.24) is 4.72 Å². The van der Waals surface area contributed by atoms with Crippen LogP contribution in [-0.2, 0) is 31.9 Å². The fourth-order valence-corrected chi connectivity index (χ4v) is 3.21. The Bertz CT molecular complexity index is 735. The second-order valence-corrected chi connectivity index (χ2v) is 7.15. The predicted octanol–water partition coefficient (Wildman–Crippen LogP) is 2.95. The number of hydrogen-bond donors (Lipinski definition) is 1. The lowest BCUT2D eigenvalue weighted by Crippen LogP contribution is -2.50. The Morgan fingerprint density at radius 3 is 1.68 bits per heavy atom. The third-order valence-corrected chi connectivity index (χ3v) is 4.59. The van der Waals surface area contributed by atoms with E-state index in [4.69, 9.17) is 0 Å². The molecule has 25 heavy (non-hydrogen) atoms. The molecule has 0 aromatic heterocycles. The van der Waals surface area contributed by atoms with Gasteiger partial charge >= 0.3 is 18.3 Å². The largest absolute Gasteiger partial charge is 0.468 e. The normalized spacial score (nSPS) is 13.6. The van der Waals surface area contributed by atoms with E-state index in [-0.39, 0.29) is 18.2 Å². The summed E-state index contributed by atoms with van der Waals surface area (Å²) in [5.74, 6) is -1.08. The van der Waals surface area contributed by atoms with E-state index in [1.165, 1.54) is 0 Å². The summed E-state index contributed by atoms with van der Waals surface area (Å²) in [7, 11) is -3.95. The molecule has 12 heteroatoms. The molecule has 0 atom stereocenters. The molecule has 0 bridgehead atoms. The first-order valence-corrected chi connectivity index (χ1v) is 7.91. The van der Waals surface area contributed by atoms with Crippen LogP contribution in [0.2, 0.25) is 0 Å². The minimum Gasteiger partial charge on any atom is -0.468 e. The summed E-state index contributed by atoms with van der Waals surface area (Å²) in [5, 5.41) is 0. The molecule has 1 aromatic rings. The number of rotatable bonds is 4. The maximum absolute atomic E-state index is 12.8. The molecule has 1 aromatic carbocycles. The Morgan fingerprint density at radius 2 is 1.36 bits per heavy atom. The smallest absolute Gasteiger partial charge is 0.416 e. The van der Waals surface area contributed by atoms with Gasteiger partial charge in [0.15, 0.2) is 0 Å². The van der Waals surface area contributed by atoms with E-state index in [2.05, 4.69) is 4.74 Å². The summed E-state index contributed by atoms with van der Waals surface area (Å²) in [6.45, 7) is 2.07. The molecule has 0 aliphatic heterocycles. The second-order valence-electron chi connectivity index (χ2n) is 5.46. The zero-order valence-corrected chi connectivity index (χ0v) is 13.9. The molecule has 0 saturated heterocycles. The zero-order chi connectivity index (χ0) is 19.8. The molecule has 0 unspecified atom stereocenters. The minimum atomic E-state index is -5.20. The van der Waals surface area contributed by atoms with Gasteiger partial charge in [0.2, 0.25) is 10.0 Å². The van der Waals surface area contributed by atoms with E-state index in [0.717, 1.165) is 21.0 Å². The average Bonchev–Trinajstić information content (AvgIpc) is 2.42. The Hall–Kier alpha value is -1.82. The predicted molar refractivity (Wildman–Crippen MR) is 72.9 cm³/mol. The molecule has 1 N–H and O–H groups in total. The quantitative estimate of drug-likeness (QED) is 0.631. The van der Waals surface area contributed by atoms with Gasteiger partial charge in [0.05, 0.1) is 23.1 Å². The van der Waals surface area contributed by atoms with Gasteiger partial charge in [-0.1, -0.05) is 0 Å². The van der Waals surface area contributed by atoms with Crippen LogP contribution in [0.25, 0.3) is 0 Å². The van der Waals surface area contributed by atoms with Gasteiger partial charge in [-0.15, -0.1) is 0 Å². The maximum Gasteiger partial charge on any atom is 0.416 e. The maximum atomic E-state index is 12.8. The van der Waals surface area contributed by atoms with Crippen LogP contribution in [0.3, 0.4) is 0 Å². The molecular formula is C13H13F6NO4S. The van der Waals surface area contributed by atoms with Crippen molar-refractivity contribution in [2.45, 2.75) is 36.6 Å². The van der Waals surface area contributed by atoms with Crippen molar-refractivity contribution in [2.75, 3.05) is 7.11 Å². The molecule has 1 rings (SSSR count). The van der Waals surface area contributed by atoms with Gasteiger partial charge in [-0.2, -0.15) is 31.1 Å². The van der Waals surface area contributed by atoms with E-state index in [9.17, 15) is 39.6 Å². The molecule has 0 fully saturated rings. The summed E-state index contributed by atoms with van der Waals surface area (Å²) in [6, 6.07) is -0.111. The van der Waals surface area contributed by atoms with E-state index < -0.39 is 49.9 Å². The third kappa shape index (κ3) is 5.08. The van der Waals surface area contributed by atoms with Crippen LogP contribution >= 0.6 is 0 Å². The van der Waals surface area contributed by atoms with Crippen LogP contribution in [0, 0.1) is 0 Å². The number of halogens is 6. The summed E-state index contributed by atoms with van der Waals surface area (Å²) in [4.78, 5) is 10.2. The van der Waals surface area contributed by atoms with Gasteiger partial charge in [0.1, 0.15) is 5.54 Å². The lowest BCUT2D eigenvalue weighted by Gasteiger charge is -2.23. The molecule has 142 valence electrons. The van der Waals surface area contributed by atoms with Gasteiger partial charge in [-0.3, -0.25) is 4.79 Å². The number of hydrogen-bond acceptors (Lipinski definition) is 4. The van der Waals surface area contributed by atoms with Crippen molar-refractivity contribution in [3.05, 3.63) is 29.3 Å². The van der Waals surface area contributed by atoms with Crippen molar-refractivity contribution in [2.24, 2.45) is 0 Å². The molecule has 0 spiro atoms. The number of esters is 1. The van der Waals surface area contributed by atoms with Crippen molar-refractivity contribution in [3.8, 4) is 0 Å². The molecule has 0 radical (unpaired) electrons. The monoisotopic (exact) mass is 393 g/mol. The summed E-state index contributed by atoms with van der Waals surface area (Å²) >= 11 is 0. The van der Waals surface area contributed by atoms with Crippen molar-refractivity contribution >= 4 is 16.0 Å². The zero-order valence-electron chi connectivity index (χ0n) is 13.0. The Labute approximate surface area is 139 Å². The van der Waals surface area contributed by atoms with Crippen molar-refractivity contribution in [3.63, 3.8) is 0 Å². The summed E-state index contributed by atoms with van der Waals surface area (Å²) < 4.78 is 107. The lowest BCUT2D eigenvalue weighted by molar-refractivity contribution is -0.146. The first-order valence-electron chi connectivity index (χ1n) is 6.42. The van der Waals surface area contributed by atoms with E-state index in [1.54, 1.807) is 4.72 Å². The molecule has 5 nitrogen and oxygen atoms in total. The van der Waals surface area contributed by atoms with Crippen LogP contribution in [-0.4, -0.2) is 27.0 Å². The first-order chi connectivity index (χ1) is 11.0. The first kappa shape index (κ1) is 21.2. The summed E-state index contributed by atoms with van der Waals surface area (Å²) in [5.41, 5.74) is -5.50. The van der Waals surface area contributed by atoms with Crippen molar-refractivity contribution < 1.29 is 44.3 Å². The summed E-state index contributed by atoms with van der Waals surface area (Å²) in [6.07, 6.45) is -10.4. The highest BCUT2D eigenvalue weighted by Crippen LogP contribution is 2.37. The number of alkyl halides is 6. The molecule has 0 aliphatic carbocycles. The third-order valence-electron chi connectivity index (χ3n) is 2.96. The van der Waals surface area contributed by atoms with Gasteiger partial charge in [0.25, 0.3) is 0 Å². The number of carbonyl (C=O) groups is 1. The fraction of sp³-hybridized carbons (Fsp3) is 0.462. The lowest BCUT2D eigenvalue weighted by atomic mass is 10.1. The topological polar surface area (TPSA) is 72.5 Å². The van der Waals surface area contributed by atoms with E-state index >= 15 is 0 Å². The van der Waals surface area contributed by atoms with Gasteiger partial charge in [0, 0.05) is 0 Å². The average molecular weight is 393 g/mol. The minimum absolute atomic E-state index is 0.0466. The highest BCUT2D eigenvalue weighted by atomic mass is 32.2. The molecule has 0 saturated carbocycles. The van der Waals surface area contributed by atoms with Gasteiger partial charge in [-0.25, -0.2) is 8.42 Å². The van der Waals surface area contributed by atoms with Crippen LogP contribution in [0.1, 0.15) is 25.0 Å². The van der Waals surface area contributed by atoms with Crippen molar-refractivity contribution in [1.29, 1.82) is 0 Å². The second kappa shape index (κ2) is 6.48. The number of nitrogens with one attached hydrogen (secondary N) is 1. The molecule has 0 amide bonds. The van der Waals surface area contributed by atoms with Crippen LogP contribution in [0.4, 0.5) is 26.3 Å². The number of ether oxygens (including phenoxy) is 1. The number of methoxy groups -OCH3 is 1. The fourth-order valence-electron chi connectivity index (χ4n) is 1.77. The SMILES string of the molecule is COC(=O)C(C)(C)NS(=O)(=O)c1cc(C(F)(F)F)cc(C(F)(F)F)c1. The van der Waals surface area contributed by atoms with Gasteiger partial charge < -0.3 is 4.74 Å². The Balaban J connectivity index is 3.52.